The zero-order valence-electron chi connectivity index (χ0n) is 14.0. The third-order valence-corrected chi connectivity index (χ3v) is 5.66. The molecule has 1 N–H and O–H groups in total. The molecule has 2 aliphatic rings. The lowest BCUT2D eigenvalue weighted by Gasteiger charge is -2.40. The van der Waals surface area contributed by atoms with Gasteiger partial charge in [-0.2, -0.15) is 0 Å². The first kappa shape index (κ1) is 16.3. The molecule has 0 bridgehead atoms. The molecular formula is C19H27NO3. The van der Waals surface area contributed by atoms with Crippen molar-refractivity contribution in [2.75, 3.05) is 19.7 Å². The molecule has 0 unspecified atom stereocenters. The van der Waals surface area contributed by atoms with Crippen LogP contribution in [-0.2, 0) is 0 Å². The van der Waals surface area contributed by atoms with Gasteiger partial charge in [0.1, 0.15) is 5.75 Å². The molecule has 1 saturated carbocycles. The maximum atomic E-state index is 12.9. The molecule has 1 saturated heterocycles. The van der Waals surface area contributed by atoms with Gasteiger partial charge in [-0.15, -0.1) is 0 Å². The highest BCUT2D eigenvalue weighted by Crippen LogP contribution is 2.35. The molecule has 0 aromatic heterocycles. The van der Waals surface area contributed by atoms with E-state index >= 15 is 0 Å². The summed E-state index contributed by atoms with van der Waals surface area (Å²) >= 11 is 0. The van der Waals surface area contributed by atoms with Crippen LogP contribution in [0.5, 0.6) is 5.75 Å². The van der Waals surface area contributed by atoms with Crippen LogP contribution in [0, 0.1) is 5.41 Å². The van der Waals surface area contributed by atoms with Crippen molar-refractivity contribution in [3.05, 3.63) is 29.8 Å². The smallest absolute Gasteiger partial charge is 0.257 e. The monoisotopic (exact) mass is 317 g/mol. The van der Waals surface area contributed by atoms with Gasteiger partial charge < -0.3 is 14.7 Å². The van der Waals surface area contributed by atoms with Crippen LogP contribution in [0.4, 0.5) is 0 Å². The van der Waals surface area contributed by atoms with Crippen molar-refractivity contribution in [3.8, 4) is 5.75 Å². The number of nitrogens with zero attached hydrogens (tertiary/aromatic N) is 1. The Kier molecular flexibility index (Phi) is 4.90. The minimum absolute atomic E-state index is 0.00126. The number of hydrogen-bond donors (Lipinski definition) is 1. The summed E-state index contributed by atoms with van der Waals surface area (Å²) in [5.41, 5.74) is 0.672. The van der Waals surface area contributed by atoms with Crippen molar-refractivity contribution in [1.29, 1.82) is 0 Å². The molecular weight excluding hydrogens is 290 g/mol. The predicted molar refractivity (Wildman–Crippen MR) is 89.7 cm³/mol. The summed E-state index contributed by atoms with van der Waals surface area (Å²) in [5, 5.41) is 9.64. The second kappa shape index (κ2) is 6.91. The number of aliphatic hydroxyl groups excluding tert-OH is 1. The van der Waals surface area contributed by atoms with Crippen molar-refractivity contribution in [2.45, 2.75) is 51.6 Å². The highest BCUT2D eigenvalue weighted by atomic mass is 16.5. The first-order chi connectivity index (χ1) is 11.2. The van der Waals surface area contributed by atoms with Gasteiger partial charge in [0.25, 0.3) is 5.91 Å². The van der Waals surface area contributed by atoms with Gasteiger partial charge >= 0.3 is 0 Å². The first-order valence-corrected chi connectivity index (χ1v) is 8.83. The maximum absolute atomic E-state index is 12.9. The van der Waals surface area contributed by atoms with E-state index in [0.717, 1.165) is 37.9 Å². The molecule has 4 nitrogen and oxygen atoms in total. The summed E-state index contributed by atoms with van der Waals surface area (Å²) < 4.78 is 5.99. The van der Waals surface area contributed by atoms with E-state index in [4.69, 9.17) is 4.74 Å². The van der Waals surface area contributed by atoms with Gasteiger partial charge in [-0.25, -0.2) is 0 Å². The van der Waals surface area contributed by atoms with Crippen molar-refractivity contribution >= 4 is 5.91 Å². The van der Waals surface area contributed by atoms with Crippen LogP contribution in [-0.4, -0.2) is 41.7 Å². The van der Waals surface area contributed by atoms with Gasteiger partial charge in [0.15, 0.2) is 0 Å². The average molecular weight is 317 g/mol. The molecule has 1 amide bonds. The van der Waals surface area contributed by atoms with E-state index in [1.165, 1.54) is 6.42 Å². The third-order valence-electron chi connectivity index (χ3n) is 5.66. The van der Waals surface area contributed by atoms with Crippen molar-refractivity contribution in [2.24, 2.45) is 5.41 Å². The Morgan fingerprint density at radius 2 is 2.00 bits per heavy atom. The minimum Gasteiger partial charge on any atom is -0.490 e. The van der Waals surface area contributed by atoms with E-state index in [0.29, 0.717) is 18.7 Å². The lowest BCUT2D eigenvalue weighted by atomic mass is 9.77. The Bertz CT molecular complexity index is 539. The van der Waals surface area contributed by atoms with Crippen LogP contribution >= 0.6 is 0 Å². The zero-order chi connectivity index (χ0) is 16.3. The molecule has 23 heavy (non-hydrogen) atoms. The van der Waals surface area contributed by atoms with Crippen LogP contribution in [0.25, 0.3) is 0 Å². The molecule has 1 aliphatic carbocycles. The molecule has 1 aromatic carbocycles. The number of benzene rings is 1. The van der Waals surface area contributed by atoms with Crippen molar-refractivity contribution in [3.63, 3.8) is 0 Å². The molecule has 0 spiro atoms. The zero-order valence-corrected chi connectivity index (χ0v) is 14.0. The highest BCUT2D eigenvalue weighted by Gasteiger charge is 2.34. The van der Waals surface area contributed by atoms with Gasteiger partial charge in [-0.3, -0.25) is 4.79 Å². The minimum atomic E-state index is -0.00126. The fraction of sp³-hybridized carbons (Fsp3) is 0.632. The summed E-state index contributed by atoms with van der Waals surface area (Å²) in [6, 6.07) is 7.59. The SMILES string of the molecule is CCC1(CO)CCN(C(=O)c2ccccc2OC2CCC2)CC1. The van der Waals surface area contributed by atoms with Crippen LogP contribution in [0.3, 0.4) is 0 Å². The van der Waals surface area contributed by atoms with Crippen LogP contribution < -0.4 is 4.74 Å². The number of ether oxygens (including phenoxy) is 1. The molecule has 126 valence electrons. The van der Waals surface area contributed by atoms with E-state index in [2.05, 4.69) is 6.92 Å². The molecule has 2 fully saturated rings. The fourth-order valence-electron chi connectivity index (χ4n) is 3.39. The fourth-order valence-corrected chi connectivity index (χ4v) is 3.39. The second-order valence-corrected chi connectivity index (χ2v) is 6.97. The quantitative estimate of drug-likeness (QED) is 0.907. The summed E-state index contributed by atoms with van der Waals surface area (Å²) in [7, 11) is 0. The van der Waals surface area contributed by atoms with Crippen LogP contribution in [0.1, 0.15) is 55.8 Å². The van der Waals surface area contributed by atoms with E-state index < -0.39 is 0 Å². The molecule has 1 aromatic rings. The lowest BCUT2D eigenvalue weighted by molar-refractivity contribution is 0.0332. The molecule has 0 atom stereocenters. The Morgan fingerprint density at radius 3 is 2.57 bits per heavy atom. The van der Waals surface area contributed by atoms with E-state index in [9.17, 15) is 9.90 Å². The number of aliphatic hydroxyl groups is 1. The summed E-state index contributed by atoms with van der Waals surface area (Å²) in [6.45, 7) is 3.76. The Labute approximate surface area is 138 Å². The lowest BCUT2D eigenvalue weighted by Crippen LogP contribution is -2.44. The van der Waals surface area contributed by atoms with Crippen LogP contribution in [0.2, 0.25) is 0 Å². The summed E-state index contributed by atoms with van der Waals surface area (Å²) in [6.07, 6.45) is 6.37. The molecule has 3 rings (SSSR count). The van der Waals surface area contributed by atoms with Crippen molar-refractivity contribution in [1.82, 2.24) is 4.90 Å². The van der Waals surface area contributed by atoms with E-state index in [1.54, 1.807) is 0 Å². The van der Waals surface area contributed by atoms with Gasteiger partial charge in [0.2, 0.25) is 0 Å². The standard InChI is InChI=1S/C19H27NO3/c1-2-19(14-21)10-12-20(13-11-19)18(22)16-8-3-4-9-17(16)23-15-6-5-7-15/h3-4,8-9,15,21H,2,5-7,10-14H2,1H3. The van der Waals surface area contributed by atoms with Gasteiger partial charge in [-0.05, 0) is 56.1 Å². The molecule has 1 aliphatic heterocycles. The highest BCUT2D eigenvalue weighted by molar-refractivity contribution is 5.97. The average Bonchev–Trinajstić information content (AvgIpc) is 2.58. The number of para-hydroxylation sites is 1. The van der Waals surface area contributed by atoms with Crippen LogP contribution in [0.15, 0.2) is 24.3 Å². The van der Waals surface area contributed by atoms with Gasteiger partial charge in [0, 0.05) is 19.7 Å². The van der Waals surface area contributed by atoms with Gasteiger partial charge in [0.05, 0.1) is 11.7 Å². The molecule has 0 radical (unpaired) electrons. The third kappa shape index (κ3) is 3.37. The Balaban J connectivity index is 1.69. The largest absolute Gasteiger partial charge is 0.490 e. The van der Waals surface area contributed by atoms with E-state index in [-0.39, 0.29) is 24.0 Å². The number of likely N-dealkylation sites (tertiary alicyclic amines) is 1. The summed E-state index contributed by atoms with van der Waals surface area (Å²) in [4.78, 5) is 14.8. The molecule has 4 heteroatoms. The summed E-state index contributed by atoms with van der Waals surface area (Å²) in [5.74, 6) is 0.777. The number of hydrogen-bond acceptors (Lipinski definition) is 3. The van der Waals surface area contributed by atoms with Gasteiger partial charge in [-0.1, -0.05) is 19.1 Å². The normalized spacial score (nSPS) is 20.9. The number of piperidine rings is 1. The number of rotatable bonds is 5. The van der Waals surface area contributed by atoms with Crippen molar-refractivity contribution < 1.29 is 14.6 Å². The predicted octanol–water partition coefficient (Wildman–Crippen LogP) is 3.24. The number of carbonyl (C=O) groups excluding carboxylic acids is 1. The molecule has 1 heterocycles. The topological polar surface area (TPSA) is 49.8 Å². The number of amides is 1. The maximum Gasteiger partial charge on any atom is 0.257 e. The first-order valence-electron chi connectivity index (χ1n) is 8.83. The van der Waals surface area contributed by atoms with E-state index in [1.807, 2.05) is 29.2 Å². The Morgan fingerprint density at radius 1 is 1.30 bits per heavy atom. The second-order valence-electron chi connectivity index (χ2n) is 6.97. The number of carbonyl (C=O) groups is 1. The Hall–Kier alpha value is -1.55.